The summed E-state index contributed by atoms with van der Waals surface area (Å²) < 4.78 is 12.1. The first kappa shape index (κ1) is 16.1. The van der Waals surface area contributed by atoms with E-state index in [0.29, 0.717) is 6.54 Å². The molecule has 1 atom stereocenters. The van der Waals surface area contributed by atoms with Crippen LogP contribution in [0.4, 0.5) is 4.79 Å². The molecule has 0 unspecified atom stereocenters. The Morgan fingerprint density at radius 3 is 2.26 bits per heavy atom. The van der Waals surface area contributed by atoms with Gasteiger partial charge in [0.15, 0.2) is 0 Å². The number of hydrogen-bond donors (Lipinski definition) is 1. The first-order valence-electron chi connectivity index (χ1n) is 7.82. The Bertz CT molecular complexity index is 625. The van der Waals surface area contributed by atoms with Crippen LogP contribution in [-0.2, 0) is 9.31 Å². The summed E-state index contributed by atoms with van der Waals surface area (Å²) in [4.78, 5) is 13.0. The summed E-state index contributed by atoms with van der Waals surface area (Å²) in [5, 5.41) is 9.52. The summed E-state index contributed by atoms with van der Waals surface area (Å²) in [5.74, 6) is 0. The molecular weight excluding hydrogens is 293 g/mol. The lowest BCUT2D eigenvalue weighted by atomic mass is 9.78. The predicted molar refractivity (Wildman–Crippen MR) is 88.1 cm³/mol. The maximum atomic E-state index is 11.6. The van der Waals surface area contributed by atoms with E-state index in [1.165, 1.54) is 4.90 Å². The second-order valence-electron chi connectivity index (χ2n) is 7.10. The molecule has 0 aromatic heterocycles. The average Bonchev–Trinajstić information content (AvgIpc) is 3.00. The Morgan fingerprint density at radius 2 is 1.74 bits per heavy atom. The largest absolute Gasteiger partial charge is 0.492 e. The summed E-state index contributed by atoms with van der Waals surface area (Å²) in [7, 11) is -0.504. The van der Waals surface area contributed by atoms with Crippen LogP contribution in [0, 0.1) is 0 Å². The number of amides is 1. The van der Waals surface area contributed by atoms with E-state index in [1.807, 2.05) is 64.1 Å². The first-order valence-corrected chi connectivity index (χ1v) is 7.82. The van der Waals surface area contributed by atoms with Gasteiger partial charge in [-0.25, -0.2) is 4.79 Å². The second-order valence-corrected chi connectivity index (χ2v) is 7.10. The molecule has 0 saturated carbocycles. The Labute approximate surface area is 137 Å². The summed E-state index contributed by atoms with van der Waals surface area (Å²) in [6.45, 7) is 8.27. The second kappa shape index (κ2) is 5.39. The summed E-state index contributed by atoms with van der Waals surface area (Å²) in [6.07, 6.45) is 1.01. The molecule has 1 fully saturated rings. The van der Waals surface area contributed by atoms with Crippen LogP contribution >= 0.6 is 0 Å². The highest BCUT2D eigenvalue weighted by molar-refractivity contribution is 6.55. The first-order chi connectivity index (χ1) is 10.7. The predicted octanol–water partition coefficient (Wildman–Crippen LogP) is 3.28. The van der Waals surface area contributed by atoms with Gasteiger partial charge in [0.2, 0.25) is 0 Å². The Hall–Kier alpha value is -1.79. The number of hydrogen-bond acceptors (Lipinski definition) is 3. The van der Waals surface area contributed by atoms with Gasteiger partial charge in [-0.3, -0.25) is 4.90 Å². The zero-order valence-corrected chi connectivity index (χ0v) is 13.9. The maximum absolute atomic E-state index is 11.6. The highest BCUT2D eigenvalue weighted by atomic mass is 16.7. The van der Waals surface area contributed by atoms with Gasteiger partial charge in [-0.2, -0.15) is 0 Å². The molecule has 1 aromatic rings. The van der Waals surface area contributed by atoms with Gasteiger partial charge in [0.05, 0.1) is 17.2 Å². The van der Waals surface area contributed by atoms with Gasteiger partial charge >= 0.3 is 13.2 Å². The fraction of sp³-hybridized carbons (Fsp3) is 0.471. The van der Waals surface area contributed by atoms with Crippen molar-refractivity contribution in [2.75, 3.05) is 6.54 Å². The van der Waals surface area contributed by atoms with Gasteiger partial charge in [-0.05, 0) is 38.7 Å². The molecule has 2 aliphatic rings. The van der Waals surface area contributed by atoms with Crippen molar-refractivity contribution in [2.24, 2.45) is 0 Å². The average molecular weight is 315 g/mol. The highest BCUT2D eigenvalue weighted by Crippen LogP contribution is 2.41. The van der Waals surface area contributed by atoms with E-state index in [-0.39, 0.29) is 6.04 Å². The number of nitrogens with zero attached hydrogens (tertiary/aromatic N) is 1. The van der Waals surface area contributed by atoms with Crippen molar-refractivity contribution in [1.82, 2.24) is 4.90 Å². The van der Waals surface area contributed by atoms with Crippen LogP contribution in [0.1, 0.15) is 39.3 Å². The van der Waals surface area contributed by atoms with Gasteiger partial charge in [0, 0.05) is 6.54 Å². The molecule has 23 heavy (non-hydrogen) atoms. The molecule has 1 N–H and O–H groups in total. The molecule has 122 valence electrons. The Balaban J connectivity index is 1.89. The Morgan fingerprint density at radius 1 is 1.17 bits per heavy atom. The molecule has 1 aromatic carbocycles. The number of benzene rings is 1. The summed E-state index contributed by atoms with van der Waals surface area (Å²) in [6, 6.07) is 9.31. The van der Waals surface area contributed by atoms with Crippen molar-refractivity contribution in [3.05, 3.63) is 47.4 Å². The quantitative estimate of drug-likeness (QED) is 0.851. The minimum Gasteiger partial charge on any atom is -0.465 e. The molecular formula is C17H22BNO4. The van der Waals surface area contributed by atoms with Crippen LogP contribution in [0.25, 0.3) is 0 Å². The molecule has 0 radical (unpaired) electrons. The van der Waals surface area contributed by atoms with Gasteiger partial charge in [0.1, 0.15) is 0 Å². The molecule has 1 amide bonds. The smallest absolute Gasteiger partial charge is 0.465 e. The van der Waals surface area contributed by atoms with Gasteiger partial charge < -0.3 is 14.4 Å². The van der Waals surface area contributed by atoms with Crippen LogP contribution in [0.15, 0.2) is 41.9 Å². The van der Waals surface area contributed by atoms with Crippen molar-refractivity contribution in [1.29, 1.82) is 0 Å². The third-order valence-corrected chi connectivity index (χ3v) is 5.00. The van der Waals surface area contributed by atoms with Crippen molar-refractivity contribution >= 4 is 13.2 Å². The van der Waals surface area contributed by atoms with Crippen molar-refractivity contribution < 1.29 is 19.2 Å². The lowest BCUT2D eigenvalue weighted by Gasteiger charge is -2.32. The van der Waals surface area contributed by atoms with E-state index >= 15 is 0 Å². The van der Waals surface area contributed by atoms with E-state index in [1.54, 1.807) is 0 Å². The number of rotatable bonds is 2. The normalized spacial score (nSPS) is 25.6. The minimum atomic E-state index is -0.943. The third kappa shape index (κ3) is 2.77. The molecule has 0 aliphatic carbocycles. The van der Waals surface area contributed by atoms with E-state index in [9.17, 15) is 9.90 Å². The van der Waals surface area contributed by atoms with Gasteiger partial charge in [-0.1, -0.05) is 36.4 Å². The number of carbonyl (C=O) groups is 1. The van der Waals surface area contributed by atoms with Crippen LogP contribution in [0.5, 0.6) is 0 Å². The lowest BCUT2D eigenvalue weighted by Crippen LogP contribution is -2.41. The zero-order valence-electron chi connectivity index (χ0n) is 13.9. The van der Waals surface area contributed by atoms with E-state index < -0.39 is 24.4 Å². The Kier molecular flexibility index (Phi) is 3.77. The lowest BCUT2D eigenvalue weighted by molar-refractivity contribution is 0.00578. The highest BCUT2D eigenvalue weighted by Gasteiger charge is 2.53. The SMILES string of the molecule is CC1(C)OB(C2=C[C@@H](c3ccccc3)N(C(=O)O)C2)OC1(C)C. The van der Waals surface area contributed by atoms with E-state index in [4.69, 9.17) is 9.31 Å². The van der Waals surface area contributed by atoms with Gasteiger partial charge in [0.25, 0.3) is 0 Å². The van der Waals surface area contributed by atoms with Crippen molar-refractivity contribution in [2.45, 2.75) is 44.9 Å². The van der Waals surface area contributed by atoms with E-state index in [0.717, 1.165) is 11.0 Å². The molecule has 5 nitrogen and oxygen atoms in total. The minimum absolute atomic E-state index is 0.297. The van der Waals surface area contributed by atoms with Crippen LogP contribution in [-0.4, -0.2) is 41.0 Å². The fourth-order valence-corrected chi connectivity index (χ4v) is 2.90. The summed E-state index contributed by atoms with van der Waals surface area (Å²) >= 11 is 0. The van der Waals surface area contributed by atoms with Gasteiger partial charge in [-0.15, -0.1) is 0 Å². The standard InChI is InChI=1S/C17H22BNO4/c1-16(2)17(3,4)23-18(22-16)13-10-14(19(11-13)15(20)21)12-8-6-5-7-9-12/h5-10,14H,11H2,1-4H3,(H,20,21)/t14-/m0/s1. The fourth-order valence-electron chi connectivity index (χ4n) is 2.90. The molecule has 2 aliphatic heterocycles. The van der Waals surface area contributed by atoms with Crippen LogP contribution in [0.2, 0.25) is 0 Å². The third-order valence-electron chi connectivity index (χ3n) is 5.00. The molecule has 6 heteroatoms. The van der Waals surface area contributed by atoms with E-state index in [2.05, 4.69) is 0 Å². The van der Waals surface area contributed by atoms with Crippen LogP contribution in [0.3, 0.4) is 0 Å². The molecule has 3 rings (SSSR count). The molecule has 1 saturated heterocycles. The van der Waals surface area contributed by atoms with Crippen molar-refractivity contribution in [3.8, 4) is 0 Å². The molecule has 2 heterocycles. The zero-order chi connectivity index (χ0) is 16.8. The summed E-state index contributed by atoms with van der Waals surface area (Å²) in [5.41, 5.74) is 0.940. The monoisotopic (exact) mass is 315 g/mol. The van der Waals surface area contributed by atoms with Crippen LogP contribution < -0.4 is 0 Å². The topological polar surface area (TPSA) is 59.0 Å². The van der Waals surface area contributed by atoms with Crippen molar-refractivity contribution in [3.63, 3.8) is 0 Å². The number of carboxylic acid groups (broad SMARTS) is 1. The molecule has 0 bridgehead atoms. The molecule has 0 spiro atoms. The maximum Gasteiger partial charge on any atom is 0.492 e.